The number of nitrogens with one attached hydrogen (secondary N) is 1. The van der Waals surface area contributed by atoms with Gasteiger partial charge in [0.2, 0.25) is 0 Å². The van der Waals surface area contributed by atoms with Gasteiger partial charge in [-0.15, -0.1) is 0 Å². The molecule has 1 unspecified atom stereocenters. The Balaban J connectivity index is 2.89. The molecule has 1 N–H and O–H groups in total. The molecule has 1 heterocycles. The number of aromatic nitrogens is 2. The van der Waals surface area contributed by atoms with Gasteiger partial charge in [-0.05, 0) is 38.1 Å². The van der Waals surface area contributed by atoms with Crippen LogP contribution < -0.4 is 5.32 Å². The third kappa shape index (κ3) is 4.49. The van der Waals surface area contributed by atoms with Crippen molar-refractivity contribution in [3.8, 4) is 0 Å². The molecule has 4 heteroatoms. The molecule has 0 saturated heterocycles. The number of aryl methyl sites for hydroxylation is 2. The largest absolute Gasteiger partial charge is 0.314 e. The molecule has 1 aromatic rings. The topological polar surface area (TPSA) is 29.9 Å². The van der Waals surface area contributed by atoms with Crippen LogP contribution in [-0.4, -0.2) is 22.4 Å². The monoisotopic (exact) mass is 299 g/mol. The summed E-state index contributed by atoms with van der Waals surface area (Å²) in [7, 11) is 0. The minimum Gasteiger partial charge on any atom is -0.314 e. The lowest BCUT2D eigenvalue weighted by Gasteiger charge is -2.23. The van der Waals surface area contributed by atoms with Crippen molar-refractivity contribution in [2.75, 3.05) is 6.54 Å². The number of rotatable bonds is 8. The second kappa shape index (κ2) is 8.04. The van der Waals surface area contributed by atoms with Gasteiger partial charge in [0, 0.05) is 12.6 Å². The van der Waals surface area contributed by atoms with Crippen molar-refractivity contribution in [3.63, 3.8) is 0 Å². The average molecular weight is 300 g/mol. The second-order valence-corrected chi connectivity index (χ2v) is 6.53. The van der Waals surface area contributed by atoms with Crippen molar-refractivity contribution in [1.29, 1.82) is 0 Å². The van der Waals surface area contributed by atoms with Crippen LogP contribution in [0.3, 0.4) is 0 Å². The highest BCUT2D eigenvalue weighted by Gasteiger charge is 2.21. The van der Waals surface area contributed by atoms with Crippen LogP contribution in [0.1, 0.15) is 52.9 Å². The van der Waals surface area contributed by atoms with E-state index in [9.17, 15) is 0 Å². The smallest absolute Gasteiger partial charge is 0.0849 e. The van der Waals surface area contributed by atoms with Crippen molar-refractivity contribution in [2.45, 2.75) is 67.0 Å². The van der Waals surface area contributed by atoms with Gasteiger partial charge in [-0.25, -0.2) is 0 Å². The number of hydrogen-bond acceptors (Lipinski definition) is 2. The first-order chi connectivity index (χ1) is 9.40. The zero-order valence-electron chi connectivity index (χ0n) is 13.8. The van der Waals surface area contributed by atoms with E-state index in [0.29, 0.717) is 17.9 Å². The zero-order chi connectivity index (χ0) is 15.3. The second-order valence-electron chi connectivity index (χ2n) is 6.15. The van der Waals surface area contributed by atoms with Crippen LogP contribution in [0.2, 0.25) is 5.02 Å². The van der Waals surface area contributed by atoms with Crippen molar-refractivity contribution in [3.05, 3.63) is 16.4 Å². The molecule has 0 aromatic carbocycles. The molecule has 0 saturated carbocycles. The van der Waals surface area contributed by atoms with E-state index in [4.69, 9.17) is 11.6 Å². The maximum Gasteiger partial charge on any atom is 0.0849 e. The Morgan fingerprint density at radius 3 is 2.30 bits per heavy atom. The Morgan fingerprint density at radius 1 is 1.20 bits per heavy atom. The Kier molecular flexibility index (Phi) is 7.04. The third-order valence-electron chi connectivity index (χ3n) is 3.88. The highest BCUT2D eigenvalue weighted by molar-refractivity contribution is 6.31. The van der Waals surface area contributed by atoms with E-state index in [1.165, 1.54) is 5.69 Å². The molecule has 1 aromatic heterocycles. The van der Waals surface area contributed by atoms with Crippen LogP contribution >= 0.6 is 11.6 Å². The number of halogens is 1. The zero-order valence-corrected chi connectivity index (χ0v) is 14.6. The van der Waals surface area contributed by atoms with E-state index < -0.39 is 0 Å². The van der Waals surface area contributed by atoms with Crippen LogP contribution in [0.15, 0.2) is 0 Å². The molecule has 0 aliphatic heterocycles. The molecule has 0 bridgehead atoms. The van der Waals surface area contributed by atoms with Crippen LogP contribution in [0.5, 0.6) is 0 Å². The molecule has 0 spiro atoms. The van der Waals surface area contributed by atoms with Crippen LogP contribution in [0.25, 0.3) is 0 Å². The van der Waals surface area contributed by atoms with E-state index >= 15 is 0 Å². The van der Waals surface area contributed by atoms with Gasteiger partial charge in [-0.1, -0.05) is 46.2 Å². The van der Waals surface area contributed by atoms with Crippen LogP contribution in [0, 0.1) is 11.8 Å². The van der Waals surface area contributed by atoms with E-state index in [0.717, 1.165) is 36.6 Å². The summed E-state index contributed by atoms with van der Waals surface area (Å²) >= 11 is 6.52. The molecular weight excluding hydrogens is 270 g/mol. The first kappa shape index (κ1) is 17.5. The summed E-state index contributed by atoms with van der Waals surface area (Å²) in [6, 6.07) is 0.522. The van der Waals surface area contributed by atoms with Crippen LogP contribution in [0.4, 0.5) is 0 Å². The van der Waals surface area contributed by atoms with Gasteiger partial charge in [-0.2, -0.15) is 5.10 Å². The molecule has 20 heavy (non-hydrogen) atoms. The fraction of sp³-hybridized carbons (Fsp3) is 0.812. The molecule has 3 nitrogen and oxygen atoms in total. The quantitative estimate of drug-likeness (QED) is 0.788. The minimum atomic E-state index is 0.522. The van der Waals surface area contributed by atoms with Crippen LogP contribution in [-0.2, 0) is 19.4 Å². The Morgan fingerprint density at radius 2 is 1.85 bits per heavy atom. The Bertz CT molecular complexity index is 410. The normalized spacial score (nSPS) is 13.4. The molecule has 0 radical (unpaired) electrons. The maximum atomic E-state index is 6.52. The Labute approximate surface area is 129 Å². The lowest BCUT2D eigenvalue weighted by molar-refractivity contribution is 0.341. The molecule has 1 atom stereocenters. The van der Waals surface area contributed by atoms with E-state index in [2.05, 4.69) is 56.6 Å². The van der Waals surface area contributed by atoms with Gasteiger partial charge in [0.15, 0.2) is 0 Å². The highest BCUT2D eigenvalue weighted by atomic mass is 35.5. The number of hydrogen-bond donors (Lipinski definition) is 1. The van der Waals surface area contributed by atoms with E-state index in [1.54, 1.807) is 0 Å². The van der Waals surface area contributed by atoms with Gasteiger partial charge in [0.25, 0.3) is 0 Å². The average Bonchev–Trinajstić information content (AvgIpc) is 2.70. The summed E-state index contributed by atoms with van der Waals surface area (Å²) in [5.41, 5.74) is 2.23. The molecular formula is C16H30ClN3. The molecule has 0 aliphatic rings. The molecule has 1 rings (SSSR count). The standard InChI is InChI=1S/C16H30ClN3/c1-7-14-16(17)15(20(8-2)19-14)9-13(11(3)4)10-18-12(5)6/h11-13,18H,7-10H2,1-6H3. The summed E-state index contributed by atoms with van der Waals surface area (Å²) in [4.78, 5) is 0. The predicted molar refractivity (Wildman–Crippen MR) is 87.5 cm³/mol. The van der Waals surface area contributed by atoms with Gasteiger partial charge in [0.05, 0.1) is 16.4 Å². The van der Waals surface area contributed by atoms with Crippen molar-refractivity contribution < 1.29 is 0 Å². The number of nitrogens with zero attached hydrogens (tertiary/aromatic N) is 2. The van der Waals surface area contributed by atoms with Crippen molar-refractivity contribution in [1.82, 2.24) is 15.1 Å². The fourth-order valence-electron chi connectivity index (χ4n) is 2.39. The molecule has 0 fully saturated rings. The van der Waals surface area contributed by atoms with Gasteiger partial charge >= 0.3 is 0 Å². The lowest BCUT2D eigenvalue weighted by Crippen LogP contribution is -2.32. The SMILES string of the molecule is CCc1nn(CC)c(CC(CNC(C)C)C(C)C)c1Cl. The van der Waals surface area contributed by atoms with E-state index in [1.807, 2.05) is 0 Å². The summed E-state index contributed by atoms with van der Waals surface area (Å²) in [5, 5.41) is 9.05. The molecule has 0 amide bonds. The maximum absolute atomic E-state index is 6.52. The molecule has 116 valence electrons. The summed E-state index contributed by atoms with van der Waals surface area (Å²) in [5.74, 6) is 1.21. The lowest BCUT2D eigenvalue weighted by atomic mass is 9.90. The van der Waals surface area contributed by atoms with Crippen molar-refractivity contribution >= 4 is 11.6 Å². The van der Waals surface area contributed by atoms with Crippen molar-refractivity contribution in [2.24, 2.45) is 11.8 Å². The molecule has 0 aliphatic carbocycles. The fourth-order valence-corrected chi connectivity index (χ4v) is 2.74. The first-order valence-electron chi connectivity index (χ1n) is 7.88. The summed E-state index contributed by atoms with van der Waals surface area (Å²) in [6.07, 6.45) is 1.90. The minimum absolute atomic E-state index is 0.522. The summed E-state index contributed by atoms with van der Waals surface area (Å²) in [6.45, 7) is 15.1. The first-order valence-corrected chi connectivity index (χ1v) is 8.25. The van der Waals surface area contributed by atoms with E-state index in [-0.39, 0.29) is 0 Å². The third-order valence-corrected chi connectivity index (χ3v) is 4.32. The van der Waals surface area contributed by atoms with Gasteiger partial charge < -0.3 is 5.32 Å². The van der Waals surface area contributed by atoms with Gasteiger partial charge in [0.1, 0.15) is 0 Å². The Hall–Kier alpha value is -0.540. The van der Waals surface area contributed by atoms with Gasteiger partial charge in [-0.3, -0.25) is 4.68 Å². The predicted octanol–water partition coefficient (Wildman–Crippen LogP) is 3.93. The summed E-state index contributed by atoms with van der Waals surface area (Å²) < 4.78 is 2.08. The highest BCUT2D eigenvalue weighted by Crippen LogP contribution is 2.26.